The van der Waals surface area contributed by atoms with Gasteiger partial charge in [-0.3, -0.25) is 27.8 Å². The summed E-state index contributed by atoms with van der Waals surface area (Å²) >= 11 is 0. The van der Waals surface area contributed by atoms with Crippen LogP contribution in [-0.4, -0.2) is 54.2 Å². The Hall–Kier alpha value is -3.33. The molecule has 32 heavy (non-hydrogen) atoms. The summed E-state index contributed by atoms with van der Waals surface area (Å²) in [5, 5.41) is 0. The molecule has 0 aliphatic carbocycles. The van der Waals surface area contributed by atoms with Gasteiger partial charge in [0.2, 0.25) is 5.78 Å². The largest absolute Gasteiger partial charge is 0.492 e. The minimum absolute atomic E-state index is 0.356. The van der Waals surface area contributed by atoms with Gasteiger partial charge in [-0.25, -0.2) is 4.79 Å². The summed E-state index contributed by atoms with van der Waals surface area (Å²) in [6.07, 6.45) is 5.77. The highest BCUT2D eigenvalue weighted by Crippen LogP contribution is 2.23. The molecule has 9 nitrogen and oxygen atoms in total. The van der Waals surface area contributed by atoms with Crippen molar-refractivity contribution in [3.8, 4) is 11.4 Å². The van der Waals surface area contributed by atoms with Gasteiger partial charge in [0.25, 0.3) is 5.56 Å². The van der Waals surface area contributed by atoms with E-state index in [9.17, 15) is 9.59 Å². The standard InChI is InChI=1S/C23H28N6O3/c1-16-15-28-19-20(25(2)23(31)26(3)21(19)30)24-22(28)29(16)17-7-9-18(10-8-17)32-14-13-27-11-5-4-6-12-27/h7-10,15H,4-6,11-14H2,1-3H3. The van der Waals surface area contributed by atoms with Gasteiger partial charge in [0.15, 0.2) is 11.2 Å². The van der Waals surface area contributed by atoms with E-state index in [1.807, 2.05) is 42.0 Å². The molecule has 1 aromatic carbocycles. The number of imidazole rings is 2. The van der Waals surface area contributed by atoms with Crippen LogP contribution in [0.2, 0.25) is 0 Å². The number of aryl methyl sites for hydroxylation is 2. The third-order valence-electron chi connectivity index (χ3n) is 6.36. The molecule has 4 heterocycles. The molecule has 0 saturated carbocycles. The van der Waals surface area contributed by atoms with E-state index in [-0.39, 0.29) is 5.56 Å². The van der Waals surface area contributed by atoms with Gasteiger partial charge in [-0.2, -0.15) is 4.98 Å². The van der Waals surface area contributed by atoms with Crippen molar-refractivity contribution in [3.05, 3.63) is 57.0 Å². The van der Waals surface area contributed by atoms with Crippen molar-refractivity contribution in [2.24, 2.45) is 14.1 Å². The summed E-state index contributed by atoms with van der Waals surface area (Å²) in [4.78, 5) is 32.1. The van der Waals surface area contributed by atoms with Crippen LogP contribution in [0, 0.1) is 6.92 Å². The van der Waals surface area contributed by atoms with Crippen LogP contribution in [0.15, 0.2) is 40.1 Å². The zero-order valence-electron chi connectivity index (χ0n) is 18.7. The molecule has 168 valence electrons. The van der Waals surface area contributed by atoms with Crippen LogP contribution in [0.3, 0.4) is 0 Å². The second kappa shape index (κ2) is 7.98. The van der Waals surface area contributed by atoms with Crippen LogP contribution in [0.4, 0.5) is 0 Å². The van der Waals surface area contributed by atoms with Gasteiger partial charge >= 0.3 is 5.69 Å². The van der Waals surface area contributed by atoms with Crippen molar-refractivity contribution in [1.82, 2.24) is 28.0 Å². The number of likely N-dealkylation sites (tertiary alicyclic amines) is 1. The van der Waals surface area contributed by atoms with E-state index in [1.54, 1.807) is 11.4 Å². The molecule has 0 atom stereocenters. The minimum Gasteiger partial charge on any atom is -0.492 e. The van der Waals surface area contributed by atoms with E-state index in [4.69, 9.17) is 4.74 Å². The molecule has 0 amide bonds. The Labute approximate surface area is 185 Å². The molecule has 0 bridgehead atoms. The summed E-state index contributed by atoms with van der Waals surface area (Å²) in [5.74, 6) is 1.42. The smallest absolute Gasteiger partial charge is 0.332 e. The number of rotatable bonds is 5. The molecular weight excluding hydrogens is 408 g/mol. The molecule has 3 aromatic heterocycles. The molecule has 0 radical (unpaired) electrons. The lowest BCUT2D eigenvalue weighted by molar-refractivity contribution is 0.183. The highest BCUT2D eigenvalue weighted by Gasteiger charge is 2.19. The lowest BCUT2D eigenvalue weighted by Crippen LogP contribution is -2.37. The number of benzene rings is 1. The molecule has 1 saturated heterocycles. The Bertz CT molecular complexity index is 1400. The Morgan fingerprint density at radius 2 is 1.72 bits per heavy atom. The van der Waals surface area contributed by atoms with E-state index < -0.39 is 5.69 Å². The molecule has 4 aromatic rings. The van der Waals surface area contributed by atoms with Crippen molar-refractivity contribution in [2.75, 3.05) is 26.2 Å². The first-order chi connectivity index (χ1) is 15.5. The zero-order chi connectivity index (χ0) is 22.4. The predicted octanol–water partition coefficient (Wildman–Crippen LogP) is 1.85. The van der Waals surface area contributed by atoms with Crippen LogP contribution < -0.4 is 16.0 Å². The zero-order valence-corrected chi connectivity index (χ0v) is 18.7. The number of aromatic nitrogens is 5. The average Bonchev–Trinajstić information content (AvgIpc) is 3.32. The van der Waals surface area contributed by atoms with Crippen molar-refractivity contribution in [1.29, 1.82) is 0 Å². The highest BCUT2D eigenvalue weighted by molar-refractivity contribution is 5.76. The van der Waals surface area contributed by atoms with Crippen LogP contribution in [0.5, 0.6) is 5.75 Å². The molecule has 1 aliphatic heterocycles. The maximum atomic E-state index is 12.8. The number of hydrogen-bond acceptors (Lipinski definition) is 5. The van der Waals surface area contributed by atoms with Crippen LogP contribution >= 0.6 is 0 Å². The number of hydrogen-bond donors (Lipinski definition) is 0. The molecule has 1 aliphatic rings. The highest BCUT2D eigenvalue weighted by atomic mass is 16.5. The van der Waals surface area contributed by atoms with Crippen molar-refractivity contribution >= 4 is 16.9 Å². The van der Waals surface area contributed by atoms with Gasteiger partial charge < -0.3 is 4.74 Å². The average molecular weight is 437 g/mol. The second-order valence-corrected chi connectivity index (χ2v) is 8.51. The molecule has 0 unspecified atom stereocenters. The normalized spacial score (nSPS) is 15.1. The fraction of sp³-hybridized carbons (Fsp3) is 0.435. The maximum Gasteiger partial charge on any atom is 0.332 e. The summed E-state index contributed by atoms with van der Waals surface area (Å²) < 4.78 is 12.2. The van der Waals surface area contributed by atoms with Crippen molar-refractivity contribution < 1.29 is 4.74 Å². The van der Waals surface area contributed by atoms with Gasteiger partial charge in [-0.1, -0.05) is 6.42 Å². The SMILES string of the molecule is Cc1cn2c3c(=O)n(C)c(=O)n(C)c3nc2n1-c1ccc(OCCN2CCCCC2)cc1. The first kappa shape index (κ1) is 20.6. The van der Waals surface area contributed by atoms with E-state index in [0.29, 0.717) is 23.5 Å². The topological polar surface area (TPSA) is 78.7 Å². The van der Waals surface area contributed by atoms with Crippen molar-refractivity contribution in [3.63, 3.8) is 0 Å². The van der Waals surface area contributed by atoms with E-state index in [1.165, 1.54) is 44.0 Å². The monoisotopic (exact) mass is 436 g/mol. The van der Waals surface area contributed by atoms with E-state index >= 15 is 0 Å². The number of piperidine rings is 1. The molecule has 5 rings (SSSR count). The van der Waals surface area contributed by atoms with E-state index in [2.05, 4.69) is 9.88 Å². The van der Waals surface area contributed by atoms with Gasteiger partial charge in [0, 0.05) is 38.2 Å². The molecule has 0 N–H and O–H groups in total. The molecule has 9 heteroatoms. The lowest BCUT2D eigenvalue weighted by atomic mass is 10.1. The molecule has 1 fully saturated rings. The lowest BCUT2D eigenvalue weighted by Gasteiger charge is -2.26. The fourth-order valence-electron chi connectivity index (χ4n) is 4.57. The van der Waals surface area contributed by atoms with Gasteiger partial charge in [-0.15, -0.1) is 0 Å². The predicted molar refractivity (Wildman–Crippen MR) is 123 cm³/mol. The Kier molecular flexibility index (Phi) is 5.13. The third kappa shape index (κ3) is 3.33. The van der Waals surface area contributed by atoms with E-state index in [0.717, 1.165) is 28.2 Å². The molecular formula is C23H28N6O3. The Morgan fingerprint density at radius 1 is 1.00 bits per heavy atom. The second-order valence-electron chi connectivity index (χ2n) is 8.51. The first-order valence-electron chi connectivity index (χ1n) is 11.1. The van der Waals surface area contributed by atoms with Crippen LogP contribution in [0.1, 0.15) is 25.0 Å². The quantitative estimate of drug-likeness (QED) is 0.477. The number of fused-ring (bicyclic) bond motifs is 3. The fourth-order valence-corrected chi connectivity index (χ4v) is 4.57. The van der Waals surface area contributed by atoms with Crippen molar-refractivity contribution in [2.45, 2.75) is 26.2 Å². The van der Waals surface area contributed by atoms with Gasteiger partial charge in [0.05, 0.1) is 0 Å². The Morgan fingerprint density at radius 3 is 2.44 bits per heavy atom. The number of ether oxygens (including phenoxy) is 1. The summed E-state index contributed by atoms with van der Waals surface area (Å²) in [6.45, 7) is 5.93. The van der Waals surface area contributed by atoms with Gasteiger partial charge in [0.1, 0.15) is 12.4 Å². The third-order valence-corrected chi connectivity index (χ3v) is 6.36. The van der Waals surface area contributed by atoms with Gasteiger partial charge in [-0.05, 0) is 57.1 Å². The minimum atomic E-state index is -0.391. The number of nitrogens with zero attached hydrogens (tertiary/aromatic N) is 6. The summed E-state index contributed by atoms with van der Waals surface area (Å²) in [7, 11) is 3.11. The van der Waals surface area contributed by atoms with Crippen LogP contribution in [0.25, 0.3) is 22.6 Å². The summed E-state index contributed by atoms with van der Waals surface area (Å²) in [6, 6.07) is 7.89. The Balaban J connectivity index is 1.45. The first-order valence-corrected chi connectivity index (χ1v) is 11.1. The maximum absolute atomic E-state index is 12.8. The van der Waals surface area contributed by atoms with Crippen LogP contribution in [-0.2, 0) is 14.1 Å². The molecule has 0 spiro atoms. The summed E-state index contributed by atoms with van der Waals surface area (Å²) in [5.41, 5.74) is 1.87.